The van der Waals surface area contributed by atoms with Crippen LogP contribution in [-0.4, -0.2) is 11.7 Å². The molecule has 1 N–H and O–H groups in total. The standard InChI is InChI=1S/C51H31N3O2/c1-2-13-32(14-3-1)49-52-50(34-25-24-31-23-22-30-12-4-6-16-36(30)40(31)27-34)54-51(53-49)42-28-35(29-45-46(42)38-18-8-10-20-43(38)55-45)41-26-33-15-5-7-17-37(33)48-47(41)39-19-9-11-21-44(39)56-48/h1-29,50H,(H,52,53,54). The number of furan rings is 2. The molecule has 9 aromatic carbocycles. The minimum atomic E-state index is -0.400. The van der Waals surface area contributed by atoms with Gasteiger partial charge in [-0.15, -0.1) is 0 Å². The molecular weight excluding hydrogens is 687 g/mol. The van der Waals surface area contributed by atoms with Crippen LogP contribution in [0.3, 0.4) is 0 Å². The second-order valence-corrected chi connectivity index (χ2v) is 14.5. The van der Waals surface area contributed by atoms with Crippen LogP contribution >= 0.6 is 0 Å². The van der Waals surface area contributed by atoms with Crippen LogP contribution in [-0.2, 0) is 0 Å². The van der Waals surface area contributed by atoms with Crippen LogP contribution in [0.25, 0.3) is 87.3 Å². The summed E-state index contributed by atoms with van der Waals surface area (Å²) in [4.78, 5) is 10.8. The van der Waals surface area contributed by atoms with E-state index in [0.29, 0.717) is 5.84 Å². The molecule has 0 radical (unpaired) electrons. The molecule has 56 heavy (non-hydrogen) atoms. The zero-order chi connectivity index (χ0) is 36.7. The Kier molecular flexibility index (Phi) is 6.63. The third-order valence-electron chi connectivity index (χ3n) is 11.3. The number of amidine groups is 2. The fraction of sp³-hybridized carbons (Fsp3) is 0.0196. The Hall–Kier alpha value is -7.50. The molecule has 5 nitrogen and oxygen atoms in total. The molecule has 0 aliphatic carbocycles. The second-order valence-electron chi connectivity index (χ2n) is 14.5. The molecule has 3 heterocycles. The summed E-state index contributed by atoms with van der Waals surface area (Å²) in [5.41, 5.74) is 8.34. The van der Waals surface area contributed by atoms with E-state index in [2.05, 4.69) is 139 Å². The summed E-state index contributed by atoms with van der Waals surface area (Å²) in [6.45, 7) is 0. The van der Waals surface area contributed by atoms with Gasteiger partial charge >= 0.3 is 0 Å². The Morgan fingerprint density at radius 2 is 1.07 bits per heavy atom. The van der Waals surface area contributed by atoms with Crippen molar-refractivity contribution in [3.8, 4) is 11.1 Å². The van der Waals surface area contributed by atoms with Crippen molar-refractivity contribution in [2.45, 2.75) is 6.17 Å². The van der Waals surface area contributed by atoms with Crippen molar-refractivity contribution in [2.24, 2.45) is 9.98 Å². The van der Waals surface area contributed by atoms with E-state index in [1.54, 1.807) is 0 Å². The van der Waals surface area contributed by atoms with Gasteiger partial charge in [-0.1, -0.05) is 140 Å². The number of nitrogens with one attached hydrogen (secondary N) is 1. The lowest BCUT2D eigenvalue weighted by Gasteiger charge is -2.24. The summed E-state index contributed by atoms with van der Waals surface area (Å²) in [6.07, 6.45) is -0.400. The average Bonchev–Trinajstić information content (AvgIpc) is 3.85. The second kappa shape index (κ2) is 12.0. The molecule has 0 spiro atoms. The van der Waals surface area contributed by atoms with Crippen LogP contribution in [0.1, 0.15) is 22.9 Å². The topological polar surface area (TPSA) is 63.0 Å². The predicted octanol–water partition coefficient (Wildman–Crippen LogP) is 13.1. The van der Waals surface area contributed by atoms with Crippen LogP contribution < -0.4 is 5.32 Å². The molecule has 5 heteroatoms. The molecule has 1 atom stereocenters. The van der Waals surface area contributed by atoms with Crippen molar-refractivity contribution < 1.29 is 8.83 Å². The first-order chi connectivity index (χ1) is 27.7. The summed E-state index contributed by atoms with van der Waals surface area (Å²) >= 11 is 0. The number of rotatable bonds is 4. The van der Waals surface area contributed by atoms with E-state index in [9.17, 15) is 0 Å². The Balaban J connectivity index is 1.14. The largest absolute Gasteiger partial charge is 0.456 e. The maximum absolute atomic E-state index is 6.68. The number of benzene rings is 9. The first kappa shape index (κ1) is 30.9. The maximum atomic E-state index is 6.68. The molecule has 0 saturated heterocycles. The summed E-state index contributed by atoms with van der Waals surface area (Å²) in [6, 6.07) is 61.5. The van der Waals surface area contributed by atoms with Crippen molar-refractivity contribution in [1.29, 1.82) is 0 Å². The van der Waals surface area contributed by atoms with Crippen LogP contribution in [0.4, 0.5) is 0 Å². The Labute approximate surface area is 320 Å². The van der Waals surface area contributed by atoms with Gasteiger partial charge in [0.2, 0.25) is 0 Å². The maximum Gasteiger partial charge on any atom is 0.160 e. The lowest BCUT2D eigenvalue weighted by atomic mass is 9.92. The first-order valence-electron chi connectivity index (χ1n) is 18.9. The van der Waals surface area contributed by atoms with Gasteiger partial charge in [0.15, 0.2) is 5.84 Å². The summed E-state index contributed by atoms with van der Waals surface area (Å²) in [5.74, 6) is 1.40. The number of para-hydroxylation sites is 2. The molecule has 11 aromatic rings. The lowest BCUT2D eigenvalue weighted by Crippen LogP contribution is -2.33. The van der Waals surface area contributed by atoms with Crippen molar-refractivity contribution in [3.63, 3.8) is 0 Å². The van der Waals surface area contributed by atoms with Crippen molar-refractivity contribution in [1.82, 2.24) is 5.32 Å². The highest BCUT2D eigenvalue weighted by Gasteiger charge is 2.26. The van der Waals surface area contributed by atoms with Gasteiger partial charge in [0.05, 0.1) is 0 Å². The van der Waals surface area contributed by atoms with E-state index >= 15 is 0 Å². The van der Waals surface area contributed by atoms with Crippen LogP contribution in [0, 0.1) is 0 Å². The molecule has 12 rings (SSSR count). The van der Waals surface area contributed by atoms with Gasteiger partial charge in [0.25, 0.3) is 0 Å². The van der Waals surface area contributed by atoms with E-state index < -0.39 is 6.17 Å². The Morgan fingerprint density at radius 1 is 0.429 bits per heavy atom. The molecule has 1 aliphatic heterocycles. The Bertz CT molecular complexity index is 3460. The van der Waals surface area contributed by atoms with Crippen LogP contribution in [0.2, 0.25) is 0 Å². The van der Waals surface area contributed by atoms with Gasteiger partial charge in [-0.2, -0.15) is 0 Å². The predicted molar refractivity (Wildman–Crippen MR) is 231 cm³/mol. The molecule has 1 unspecified atom stereocenters. The van der Waals surface area contributed by atoms with Gasteiger partial charge in [-0.05, 0) is 80.0 Å². The minimum Gasteiger partial charge on any atom is -0.456 e. The first-order valence-corrected chi connectivity index (χ1v) is 18.9. The smallest absolute Gasteiger partial charge is 0.160 e. The van der Waals surface area contributed by atoms with Crippen molar-refractivity contribution in [3.05, 3.63) is 193 Å². The average molecular weight is 718 g/mol. The van der Waals surface area contributed by atoms with E-state index in [1.807, 2.05) is 42.5 Å². The highest BCUT2D eigenvalue weighted by Crippen LogP contribution is 2.44. The molecule has 2 aromatic heterocycles. The monoisotopic (exact) mass is 717 g/mol. The van der Waals surface area contributed by atoms with Gasteiger partial charge < -0.3 is 14.2 Å². The van der Waals surface area contributed by atoms with Crippen LogP contribution in [0.5, 0.6) is 0 Å². The molecule has 0 fully saturated rings. The normalized spacial score (nSPS) is 14.6. The number of nitrogens with zero attached hydrogens (tertiary/aromatic N) is 2. The summed E-state index contributed by atoms with van der Waals surface area (Å²) in [5, 5.41) is 14.9. The van der Waals surface area contributed by atoms with Crippen molar-refractivity contribution in [2.75, 3.05) is 0 Å². The van der Waals surface area contributed by atoms with E-state index in [1.165, 1.54) is 21.5 Å². The zero-order valence-corrected chi connectivity index (χ0v) is 30.0. The molecular formula is C51H31N3O2. The van der Waals surface area contributed by atoms with E-state index in [-0.39, 0.29) is 0 Å². The van der Waals surface area contributed by atoms with Gasteiger partial charge in [-0.3, -0.25) is 0 Å². The zero-order valence-electron chi connectivity index (χ0n) is 30.0. The van der Waals surface area contributed by atoms with Gasteiger partial charge in [0.1, 0.15) is 34.3 Å². The quantitative estimate of drug-likeness (QED) is 0.184. The number of hydrogen-bond donors (Lipinski definition) is 1. The Morgan fingerprint density at radius 3 is 1.89 bits per heavy atom. The third-order valence-corrected chi connectivity index (χ3v) is 11.3. The van der Waals surface area contributed by atoms with E-state index in [0.717, 1.165) is 88.3 Å². The number of hydrogen-bond acceptors (Lipinski definition) is 5. The SMILES string of the molecule is c1ccc(C2=NC(c3cc(-c4cc5ccccc5c5oc6ccccc6c45)cc4oc5ccccc5c34)=NC(c3ccc4ccc5ccccc5c4c3)N2)cc1. The highest BCUT2D eigenvalue weighted by atomic mass is 16.3. The molecule has 1 aliphatic rings. The van der Waals surface area contributed by atoms with Gasteiger partial charge in [0, 0.05) is 38.1 Å². The summed E-state index contributed by atoms with van der Waals surface area (Å²) < 4.78 is 13.3. The molecule has 0 saturated carbocycles. The minimum absolute atomic E-state index is 0.400. The molecule has 0 bridgehead atoms. The third kappa shape index (κ3) is 4.74. The summed E-state index contributed by atoms with van der Waals surface area (Å²) in [7, 11) is 0. The fourth-order valence-corrected chi connectivity index (χ4v) is 8.65. The van der Waals surface area contributed by atoms with Crippen LogP contribution in [0.15, 0.2) is 195 Å². The number of fused-ring (bicyclic) bond motifs is 11. The lowest BCUT2D eigenvalue weighted by molar-refractivity contribution is 0.668. The van der Waals surface area contributed by atoms with Gasteiger partial charge in [-0.25, -0.2) is 9.98 Å². The van der Waals surface area contributed by atoms with Crippen molar-refractivity contribution >= 4 is 87.9 Å². The fourth-order valence-electron chi connectivity index (χ4n) is 8.65. The highest BCUT2D eigenvalue weighted by molar-refractivity contribution is 6.25. The molecule has 0 amide bonds. The van der Waals surface area contributed by atoms with E-state index in [4.69, 9.17) is 18.8 Å². The molecule has 262 valence electrons. The number of aliphatic imine (C=N–C) groups is 2.